The molecule has 1 aromatic carbocycles. The quantitative estimate of drug-likeness (QED) is 0.939. The molecule has 0 fully saturated rings. The number of carbonyl (C=O) groups is 1. The number of ether oxygens (including phenoxy) is 1. The van der Waals surface area contributed by atoms with E-state index in [2.05, 4.69) is 4.99 Å². The Labute approximate surface area is 130 Å². The van der Waals surface area contributed by atoms with Gasteiger partial charge in [-0.05, 0) is 19.1 Å². The first kappa shape index (κ1) is 15.2. The van der Waals surface area contributed by atoms with Crippen molar-refractivity contribution in [3.63, 3.8) is 0 Å². The minimum atomic E-state index is -1.33. The number of carboxylic acid groups (broad SMARTS) is 1. The van der Waals surface area contributed by atoms with Gasteiger partial charge in [0.1, 0.15) is 11.4 Å². The second-order valence-corrected chi connectivity index (χ2v) is 5.20. The van der Waals surface area contributed by atoms with Crippen LogP contribution < -0.4 is 5.43 Å². The van der Waals surface area contributed by atoms with E-state index in [0.29, 0.717) is 25.2 Å². The van der Waals surface area contributed by atoms with Crippen LogP contribution in [0, 0.1) is 5.82 Å². The van der Waals surface area contributed by atoms with Crippen molar-refractivity contribution in [1.29, 1.82) is 0 Å². The Morgan fingerprint density at radius 1 is 1.48 bits per heavy atom. The number of carboxylic acids is 1. The summed E-state index contributed by atoms with van der Waals surface area (Å²) in [6.07, 6.45) is 2.05. The first-order valence-corrected chi connectivity index (χ1v) is 7.30. The van der Waals surface area contributed by atoms with E-state index in [-0.39, 0.29) is 22.4 Å². The van der Waals surface area contributed by atoms with Crippen molar-refractivity contribution in [2.75, 3.05) is 13.2 Å². The number of hydrogen-bond acceptors (Lipinski definition) is 4. The van der Waals surface area contributed by atoms with E-state index in [4.69, 9.17) is 9.84 Å². The van der Waals surface area contributed by atoms with E-state index in [9.17, 15) is 14.0 Å². The molecule has 1 aliphatic heterocycles. The fourth-order valence-corrected chi connectivity index (χ4v) is 2.61. The highest BCUT2D eigenvalue weighted by Gasteiger charge is 2.20. The first-order chi connectivity index (χ1) is 11.0. The maximum absolute atomic E-state index is 14.4. The van der Waals surface area contributed by atoms with E-state index in [1.165, 1.54) is 12.3 Å². The zero-order valence-corrected chi connectivity index (χ0v) is 12.5. The lowest BCUT2D eigenvalue weighted by Crippen LogP contribution is -2.21. The monoisotopic (exact) mass is 318 g/mol. The third kappa shape index (κ3) is 2.58. The van der Waals surface area contributed by atoms with Crippen LogP contribution in [0.5, 0.6) is 0 Å². The lowest BCUT2D eigenvalue weighted by atomic mass is 10.1. The molecule has 3 rings (SSSR count). The molecule has 2 heterocycles. The van der Waals surface area contributed by atoms with Crippen molar-refractivity contribution in [2.24, 2.45) is 4.99 Å². The number of benzene rings is 1. The number of hydrogen-bond donors (Lipinski definition) is 1. The van der Waals surface area contributed by atoms with Gasteiger partial charge in [-0.25, -0.2) is 9.18 Å². The maximum atomic E-state index is 14.4. The Hall–Kier alpha value is -2.70. The van der Waals surface area contributed by atoms with Gasteiger partial charge in [0, 0.05) is 31.1 Å². The fraction of sp³-hybridized carbons (Fsp3) is 0.312. The summed E-state index contributed by atoms with van der Waals surface area (Å²) in [5.74, 6) is -1.77. The van der Waals surface area contributed by atoms with Gasteiger partial charge in [-0.1, -0.05) is 0 Å². The number of fused-ring (bicyclic) bond motifs is 1. The van der Waals surface area contributed by atoms with Gasteiger partial charge in [0.15, 0.2) is 0 Å². The first-order valence-electron chi connectivity index (χ1n) is 7.30. The van der Waals surface area contributed by atoms with Gasteiger partial charge in [-0.3, -0.25) is 9.79 Å². The summed E-state index contributed by atoms with van der Waals surface area (Å²) in [7, 11) is 0. The van der Waals surface area contributed by atoms with Crippen LogP contribution in [0.15, 0.2) is 28.1 Å². The number of aliphatic imine (C=N–C) groups is 1. The summed E-state index contributed by atoms with van der Waals surface area (Å²) in [6.45, 7) is 3.28. The van der Waals surface area contributed by atoms with Gasteiger partial charge in [-0.2, -0.15) is 0 Å². The molecule has 0 saturated heterocycles. The second kappa shape index (κ2) is 5.83. The number of pyridine rings is 1. The third-order valence-corrected chi connectivity index (χ3v) is 3.77. The highest BCUT2D eigenvalue weighted by atomic mass is 19.1. The normalized spacial score (nSPS) is 14.4. The summed E-state index contributed by atoms with van der Waals surface area (Å²) in [5, 5.41) is 9.16. The minimum Gasteiger partial charge on any atom is -0.477 e. The molecule has 0 bridgehead atoms. The van der Waals surface area contributed by atoms with Crippen molar-refractivity contribution in [3.05, 3.63) is 45.5 Å². The minimum absolute atomic E-state index is 0.0319. The number of aryl methyl sites for hydroxylation is 1. The van der Waals surface area contributed by atoms with Crippen molar-refractivity contribution in [2.45, 2.75) is 19.9 Å². The van der Waals surface area contributed by atoms with Gasteiger partial charge in [0.05, 0.1) is 17.7 Å². The van der Waals surface area contributed by atoms with Gasteiger partial charge < -0.3 is 14.4 Å². The molecule has 23 heavy (non-hydrogen) atoms. The topological polar surface area (TPSA) is 80.9 Å². The van der Waals surface area contributed by atoms with Crippen LogP contribution in [-0.4, -0.2) is 34.7 Å². The lowest BCUT2D eigenvalue weighted by Gasteiger charge is -2.16. The van der Waals surface area contributed by atoms with E-state index in [1.807, 2.05) is 6.92 Å². The standard InChI is InChI=1S/C16H15FN2O4/c1-2-19-8-11(16(21)22)14(20)10-6-12(17)9(7-13(10)19)15-18-4-3-5-23-15/h6-8H,2-5H2,1H3,(H,21,22). The van der Waals surface area contributed by atoms with E-state index < -0.39 is 17.2 Å². The van der Waals surface area contributed by atoms with E-state index in [1.54, 1.807) is 4.57 Å². The van der Waals surface area contributed by atoms with Gasteiger partial charge in [0.25, 0.3) is 0 Å². The van der Waals surface area contributed by atoms with Crippen LogP contribution in [0.1, 0.15) is 29.3 Å². The maximum Gasteiger partial charge on any atom is 0.341 e. The van der Waals surface area contributed by atoms with Crippen molar-refractivity contribution in [3.8, 4) is 0 Å². The Morgan fingerprint density at radius 2 is 2.26 bits per heavy atom. The number of aromatic carboxylic acids is 1. The predicted octanol–water partition coefficient (Wildman–Crippen LogP) is 2.03. The Kier molecular flexibility index (Phi) is 3.85. The zero-order chi connectivity index (χ0) is 16.6. The number of rotatable bonds is 3. The number of halogens is 1. The molecule has 0 saturated carbocycles. The highest BCUT2D eigenvalue weighted by Crippen LogP contribution is 2.20. The molecule has 0 radical (unpaired) electrons. The summed E-state index contributed by atoms with van der Waals surface area (Å²) < 4.78 is 21.4. The molecule has 7 heteroatoms. The van der Waals surface area contributed by atoms with E-state index >= 15 is 0 Å². The molecule has 120 valence electrons. The fourth-order valence-electron chi connectivity index (χ4n) is 2.61. The molecule has 0 spiro atoms. The van der Waals surface area contributed by atoms with Crippen LogP contribution >= 0.6 is 0 Å². The molecule has 0 aliphatic carbocycles. The second-order valence-electron chi connectivity index (χ2n) is 5.20. The largest absolute Gasteiger partial charge is 0.477 e. The van der Waals surface area contributed by atoms with Crippen LogP contribution in [0.3, 0.4) is 0 Å². The molecule has 0 unspecified atom stereocenters. The summed E-state index contributed by atoms with van der Waals surface area (Å²) >= 11 is 0. The Balaban J connectivity index is 2.31. The molecule has 0 atom stereocenters. The van der Waals surface area contributed by atoms with Gasteiger partial charge in [0.2, 0.25) is 11.3 Å². The summed E-state index contributed by atoms with van der Waals surface area (Å²) in [5.41, 5.74) is -0.440. The summed E-state index contributed by atoms with van der Waals surface area (Å²) in [6, 6.07) is 2.55. The third-order valence-electron chi connectivity index (χ3n) is 3.77. The Morgan fingerprint density at radius 3 is 2.87 bits per heavy atom. The van der Waals surface area contributed by atoms with Crippen LogP contribution in [0.25, 0.3) is 10.9 Å². The van der Waals surface area contributed by atoms with Crippen LogP contribution in [0.4, 0.5) is 4.39 Å². The number of aromatic nitrogens is 1. The van der Waals surface area contributed by atoms with Crippen LogP contribution in [0.2, 0.25) is 0 Å². The number of nitrogens with zero attached hydrogens (tertiary/aromatic N) is 2. The Bertz CT molecular complexity index is 886. The lowest BCUT2D eigenvalue weighted by molar-refractivity contribution is 0.0695. The highest BCUT2D eigenvalue weighted by molar-refractivity contribution is 5.99. The molecular formula is C16H15FN2O4. The molecule has 1 aromatic heterocycles. The molecule has 1 aliphatic rings. The average molecular weight is 318 g/mol. The molecule has 6 nitrogen and oxygen atoms in total. The molecular weight excluding hydrogens is 303 g/mol. The van der Waals surface area contributed by atoms with Crippen molar-refractivity contribution < 1.29 is 19.0 Å². The van der Waals surface area contributed by atoms with Crippen molar-refractivity contribution in [1.82, 2.24) is 4.57 Å². The summed E-state index contributed by atoms with van der Waals surface area (Å²) in [4.78, 5) is 27.6. The predicted molar refractivity (Wildman–Crippen MR) is 82.8 cm³/mol. The zero-order valence-electron chi connectivity index (χ0n) is 12.5. The average Bonchev–Trinajstić information content (AvgIpc) is 2.55. The van der Waals surface area contributed by atoms with Gasteiger partial charge in [-0.15, -0.1) is 0 Å². The van der Waals surface area contributed by atoms with E-state index in [0.717, 1.165) is 12.5 Å². The molecule has 0 amide bonds. The molecule has 2 aromatic rings. The SMILES string of the molecule is CCn1cc(C(=O)O)c(=O)c2cc(F)c(C3=NCCCO3)cc21. The van der Waals surface area contributed by atoms with Gasteiger partial charge >= 0.3 is 5.97 Å². The van der Waals surface area contributed by atoms with Crippen molar-refractivity contribution >= 4 is 22.8 Å². The van der Waals surface area contributed by atoms with Crippen LogP contribution in [-0.2, 0) is 11.3 Å². The molecule has 1 N–H and O–H groups in total. The smallest absolute Gasteiger partial charge is 0.341 e.